The highest BCUT2D eigenvalue weighted by molar-refractivity contribution is 5.80. The van der Waals surface area contributed by atoms with E-state index in [-0.39, 0.29) is 17.7 Å². The largest absolute Gasteiger partial charge is 0.342 e. The number of hydrogen-bond acceptors (Lipinski definition) is 4. The first-order valence-electron chi connectivity index (χ1n) is 10.1. The lowest BCUT2D eigenvalue weighted by Gasteiger charge is -2.37. The van der Waals surface area contributed by atoms with E-state index in [1.54, 1.807) is 11.8 Å². The molecular weight excluding hydrogens is 332 g/mol. The molecule has 3 saturated heterocycles. The lowest BCUT2D eigenvalue weighted by Crippen LogP contribution is -2.53. The maximum absolute atomic E-state index is 12.6. The predicted molar refractivity (Wildman–Crippen MR) is 98.4 cm³/mol. The highest BCUT2D eigenvalue weighted by Gasteiger charge is 2.31. The minimum atomic E-state index is 0.0811. The van der Waals surface area contributed by atoms with Crippen LogP contribution in [-0.4, -0.2) is 96.2 Å². The Balaban J connectivity index is 1.39. The van der Waals surface area contributed by atoms with Gasteiger partial charge in [-0.05, 0) is 45.2 Å². The van der Waals surface area contributed by atoms with Crippen LogP contribution in [0.5, 0.6) is 0 Å². The predicted octanol–water partition coefficient (Wildman–Crippen LogP) is 0.402. The van der Waals surface area contributed by atoms with Crippen LogP contribution in [0, 0.1) is 5.92 Å². The van der Waals surface area contributed by atoms with E-state index in [0.717, 1.165) is 51.9 Å². The summed E-state index contributed by atoms with van der Waals surface area (Å²) in [4.78, 5) is 44.4. The topological polar surface area (TPSA) is 64.2 Å². The van der Waals surface area contributed by atoms with Gasteiger partial charge in [0.1, 0.15) is 0 Å². The molecule has 3 rings (SSSR count). The number of hydrogen-bond donors (Lipinski definition) is 0. The number of nitrogens with zero attached hydrogens (tertiary/aromatic N) is 4. The average molecular weight is 364 g/mol. The number of piperazine rings is 1. The Hall–Kier alpha value is -1.63. The minimum absolute atomic E-state index is 0.0811. The van der Waals surface area contributed by atoms with Gasteiger partial charge in [0.05, 0.1) is 6.54 Å². The molecule has 0 unspecified atom stereocenters. The third-order valence-corrected chi connectivity index (χ3v) is 6.04. The lowest BCUT2D eigenvalue weighted by atomic mass is 9.94. The molecule has 3 heterocycles. The Labute approximate surface area is 156 Å². The Bertz CT molecular complexity index is 517. The zero-order chi connectivity index (χ0) is 18.5. The van der Waals surface area contributed by atoms with Gasteiger partial charge in [0, 0.05) is 52.1 Å². The molecular formula is C19H32N4O3. The van der Waals surface area contributed by atoms with Crippen LogP contribution in [0.3, 0.4) is 0 Å². The smallest absolute Gasteiger partial charge is 0.236 e. The monoisotopic (exact) mass is 364 g/mol. The highest BCUT2D eigenvalue weighted by Crippen LogP contribution is 2.22. The lowest BCUT2D eigenvalue weighted by molar-refractivity contribution is -0.140. The van der Waals surface area contributed by atoms with Crippen molar-refractivity contribution < 1.29 is 14.4 Å². The number of rotatable bonds is 3. The summed E-state index contributed by atoms with van der Waals surface area (Å²) in [7, 11) is 0. The van der Waals surface area contributed by atoms with E-state index in [1.165, 1.54) is 6.42 Å². The van der Waals surface area contributed by atoms with Crippen molar-refractivity contribution >= 4 is 17.7 Å². The highest BCUT2D eigenvalue weighted by atomic mass is 16.2. The van der Waals surface area contributed by atoms with Crippen molar-refractivity contribution in [3.63, 3.8) is 0 Å². The third kappa shape index (κ3) is 4.75. The van der Waals surface area contributed by atoms with Gasteiger partial charge in [0.2, 0.25) is 17.7 Å². The average Bonchev–Trinajstić information content (AvgIpc) is 2.68. The molecule has 146 valence electrons. The van der Waals surface area contributed by atoms with Gasteiger partial charge in [-0.15, -0.1) is 0 Å². The standard InChI is InChI=1S/C19H32N4O3/c1-16(24)21-11-13-22(14-12-21)18(25)15-20-9-5-17(6-10-20)19(26)23-7-3-2-4-8-23/h17H,2-15H2,1H3. The molecule has 3 fully saturated rings. The van der Waals surface area contributed by atoms with Crippen LogP contribution in [0.15, 0.2) is 0 Å². The van der Waals surface area contributed by atoms with Crippen LogP contribution in [0.25, 0.3) is 0 Å². The van der Waals surface area contributed by atoms with Gasteiger partial charge in [-0.1, -0.05) is 0 Å². The van der Waals surface area contributed by atoms with Crippen LogP contribution in [0.4, 0.5) is 0 Å². The van der Waals surface area contributed by atoms with Gasteiger partial charge in [-0.25, -0.2) is 0 Å². The van der Waals surface area contributed by atoms with Crippen LogP contribution in [0.2, 0.25) is 0 Å². The summed E-state index contributed by atoms with van der Waals surface area (Å²) < 4.78 is 0. The molecule has 0 bridgehead atoms. The Morgan fingerprint density at radius 1 is 0.731 bits per heavy atom. The van der Waals surface area contributed by atoms with Crippen molar-refractivity contribution in [1.29, 1.82) is 0 Å². The van der Waals surface area contributed by atoms with Crippen molar-refractivity contribution in [3.8, 4) is 0 Å². The summed E-state index contributed by atoms with van der Waals surface area (Å²) in [6, 6.07) is 0. The molecule has 0 aromatic carbocycles. The molecule has 26 heavy (non-hydrogen) atoms. The normalized spacial score (nSPS) is 23.2. The first kappa shape index (κ1) is 19.1. The number of carbonyl (C=O) groups excluding carboxylic acids is 3. The SMILES string of the molecule is CC(=O)N1CCN(C(=O)CN2CCC(C(=O)N3CCCCC3)CC2)CC1. The molecule has 0 aromatic rings. The number of carbonyl (C=O) groups is 3. The molecule has 7 nitrogen and oxygen atoms in total. The fourth-order valence-corrected chi connectivity index (χ4v) is 4.27. The minimum Gasteiger partial charge on any atom is -0.342 e. The van der Waals surface area contributed by atoms with Crippen molar-refractivity contribution in [2.24, 2.45) is 5.92 Å². The summed E-state index contributed by atoms with van der Waals surface area (Å²) in [6.07, 6.45) is 5.23. The second kappa shape index (κ2) is 8.84. The van der Waals surface area contributed by atoms with Crippen LogP contribution in [-0.2, 0) is 14.4 Å². The van der Waals surface area contributed by atoms with Gasteiger partial charge in [0.25, 0.3) is 0 Å². The second-order valence-corrected chi connectivity index (χ2v) is 7.82. The molecule has 0 radical (unpaired) electrons. The van der Waals surface area contributed by atoms with E-state index in [0.29, 0.717) is 38.6 Å². The van der Waals surface area contributed by atoms with E-state index >= 15 is 0 Å². The molecule has 0 aliphatic carbocycles. The van der Waals surface area contributed by atoms with E-state index in [1.807, 2.05) is 9.80 Å². The summed E-state index contributed by atoms with van der Waals surface area (Å²) in [6.45, 7) is 8.02. The van der Waals surface area contributed by atoms with Crippen molar-refractivity contribution in [2.75, 3.05) is 58.9 Å². The van der Waals surface area contributed by atoms with E-state index in [4.69, 9.17) is 0 Å². The fourth-order valence-electron chi connectivity index (χ4n) is 4.27. The number of piperidine rings is 2. The molecule has 3 aliphatic heterocycles. The van der Waals surface area contributed by atoms with Gasteiger partial charge >= 0.3 is 0 Å². The molecule has 0 spiro atoms. The molecule has 0 N–H and O–H groups in total. The van der Waals surface area contributed by atoms with Crippen LogP contribution in [0.1, 0.15) is 39.0 Å². The summed E-state index contributed by atoms with van der Waals surface area (Å²) >= 11 is 0. The Morgan fingerprint density at radius 3 is 1.88 bits per heavy atom. The molecule has 0 aromatic heterocycles. The van der Waals surface area contributed by atoms with Gasteiger partial charge in [0.15, 0.2) is 0 Å². The van der Waals surface area contributed by atoms with Crippen LogP contribution >= 0.6 is 0 Å². The van der Waals surface area contributed by atoms with Crippen LogP contribution < -0.4 is 0 Å². The number of likely N-dealkylation sites (tertiary alicyclic amines) is 2. The summed E-state index contributed by atoms with van der Waals surface area (Å²) in [5.74, 6) is 0.696. The Kier molecular flexibility index (Phi) is 6.51. The molecule has 0 saturated carbocycles. The van der Waals surface area contributed by atoms with Crippen molar-refractivity contribution in [2.45, 2.75) is 39.0 Å². The van der Waals surface area contributed by atoms with Gasteiger partial charge in [-0.2, -0.15) is 0 Å². The van der Waals surface area contributed by atoms with E-state index in [9.17, 15) is 14.4 Å². The quantitative estimate of drug-likeness (QED) is 0.727. The zero-order valence-electron chi connectivity index (χ0n) is 16.0. The van der Waals surface area contributed by atoms with Crippen molar-refractivity contribution in [1.82, 2.24) is 19.6 Å². The zero-order valence-corrected chi connectivity index (χ0v) is 16.0. The van der Waals surface area contributed by atoms with Crippen molar-refractivity contribution in [3.05, 3.63) is 0 Å². The number of amides is 3. The van der Waals surface area contributed by atoms with E-state index < -0.39 is 0 Å². The second-order valence-electron chi connectivity index (χ2n) is 7.82. The first-order chi connectivity index (χ1) is 12.5. The third-order valence-electron chi connectivity index (χ3n) is 6.04. The molecule has 0 atom stereocenters. The van der Waals surface area contributed by atoms with Gasteiger partial charge in [-0.3, -0.25) is 19.3 Å². The Morgan fingerprint density at radius 2 is 1.31 bits per heavy atom. The van der Waals surface area contributed by atoms with E-state index in [2.05, 4.69) is 4.90 Å². The fraction of sp³-hybridized carbons (Fsp3) is 0.842. The maximum Gasteiger partial charge on any atom is 0.236 e. The summed E-state index contributed by atoms with van der Waals surface area (Å²) in [5.41, 5.74) is 0. The molecule has 3 amide bonds. The van der Waals surface area contributed by atoms with Gasteiger partial charge < -0.3 is 14.7 Å². The molecule has 7 heteroatoms. The molecule has 3 aliphatic rings. The maximum atomic E-state index is 12.6. The summed E-state index contributed by atoms with van der Waals surface area (Å²) in [5, 5.41) is 0. The first-order valence-corrected chi connectivity index (χ1v) is 10.1.